The lowest BCUT2D eigenvalue weighted by molar-refractivity contribution is -0.140. The van der Waals surface area contributed by atoms with Crippen LogP contribution in [-0.4, -0.2) is 67.0 Å². The van der Waals surface area contributed by atoms with E-state index in [-0.39, 0.29) is 11.3 Å². The smallest absolute Gasteiger partial charge is 0.295 e. The number of amides is 1. The van der Waals surface area contributed by atoms with Crippen molar-refractivity contribution < 1.29 is 24.2 Å². The summed E-state index contributed by atoms with van der Waals surface area (Å²) in [4.78, 5) is 29.3. The summed E-state index contributed by atoms with van der Waals surface area (Å²) in [6, 6.07) is 13.6. The highest BCUT2D eigenvalue weighted by Crippen LogP contribution is 2.40. The fourth-order valence-corrected chi connectivity index (χ4v) is 3.75. The van der Waals surface area contributed by atoms with E-state index >= 15 is 0 Å². The van der Waals surface area contributed by atoms with Crippen LogP contribution in [0.2, 0.25) is 0 Å². The second-order valence-electron chi connectivity index (χ2n) is 7.56. The third-order valence-corrected chi connectivity index (χ3v) is 5.26. The number of carbonyl (C=O) groups is 2. The van der Waals surface area contributed by atoms with Crippen LogP contribution in [0.25, 0.3) is 5.76 Å². The molecule has 2 aromatic carbocycles. The maximum atomic E-state index is 13.0. The lowest BCUT2D eigenvalue weighted by atomic mass is 9.95. The Morgan fingerprint density at radius 1 is 1.07 bits per heavy atom. The zero-order chi connectivity index (χ0) is 21.3. The van der Waals surface area contributed by atoms with Gasteiger partial charge in [0.1, 0.15) is 19.0 Å². The molecule has 1 atom stereocenters. The molecule has 0 aromatic heterocycles. The van der Waals surface area contributed by atoms with E-state index in [1.807, 2.05) is 49.3 Å². The van der Waals surface area contributed by atoms with Crippen molar-refractivity contribution in [2.45, 2.75) is 6.04 Å². The van der Waals surface area contributed by atoms with Crippen molar-refractivity contribution in [3.05, 3.63) is 65.2 Å². The van der Waals surface area contributed by atoms with Gasteiger partial charge in [-0.2, -0.15) is 0 Å². The lowest BCUT2D eigenvalue weighted by Crippen LogP contribution is -2.35. The van der Waals surface area contributed by atoms with E-state index in [2.05, 4.69) is 0 Å². The number of ether oxygens (including phenoxy) is 2. The fourth-order valence-electron chi connectivity index (χ4n) is 3.75. The van der Waals surface area contributed by atoms with E-state index in [0.717, 1.165) is 5.56 Å². The average molecular weight is 408 g/mol. The first-order valence-corrected chi connectivity index (χ1v) is 9.85. The predicted octanol–water partition coefficient (Wildman–Crippen LogP) is 2.44. The van der Waals surface area contributed by atoms with Crippen LogP contribution in [0.4, 0.5) is 0 Å². The summed E-state index contributed by atoms with van der Waals surface area (Å²) in [5, 5.41) is 11.1. The maximum Gasteiger partial charge on any atom is 0.295 e. The van der Waals surface area contributed by atoms with Gasteiger partial charge < -0.3 is 24.4 Å². The van der Waals surface area contributed by atoms with E-state index in [4.69, 9.17) is 9.47 Å². The van der Waals surface area contributed by atoms with Gasteiger partial charge in [0.2, 0.25) is 0 Å². The number of nitrogens with zero attached hydrogens (tertiary/aromatic N) is 2. The molecule has 4 rings (SSSR count). The molecular weight excluding hydrogens is 384 g/mol. The largest absolute Gasteiger partial charge is 0.507 e. The first-order valence-electron chi connectivity index (χ1n) is 9.85. The number of hydrogen-bond acceptors (Lipinski definition) is 6. The summed E-state index contributed by atoms with van der Waals surface area (Å²) >= 11 is 0. The van der Waals surface area contributed by atoms with Crippen molar-refractivity contribution in [3.8, 4) is 11.5 Å². The molecule has 2 heterocycles. The zero-order valence-electron chi connectivity index (χ0n) is 17.0. The highest BCUT2D eigenvalue weighted by atomic mass is 16.6. The molecule has 30 heavy (non-hydrogen) atoms. The highest BCUT2D eigenvalue weighted by Gasteiger charge is 2.45. The van der Waals surface area contributed by atoms with Crippen molar-refractivity contribution in [1.29, 1.82) is 0 Å². The molecule has 0 aliphatic carbocycles. The maximum absolute atomic E-state index is 13.0. The standard InChI is InChI=1S/C23H24N2O5/c1-24(2)10-11-25-20(15-6-4-3-5-7-15)19(22(27)23(25)28)21(26)16-8-9-17-18(14-16)30-13-12-29-17/h3-9,14,20,26H,10-13H2,1-2H3/b21-19+/t20-/m1/s1. The molecule has 156 valence electrons. The molecule has 1 amide bonds. The van der Waals surface area contributed by atoms with E-state index < -0.39 is 17.7 Å². The molecule has 2 aliphatic rings. The molecule has 0 spiro atoms. The summed E-state index contributed by atoms with van der Waals surface area (Å²) in [7, 11) is 3.81. The van der Waals surface area contributed by atoms with Gasteiger partial charge in [-0.05, 0) is 37.9 Å². The van der Waals surface area contributed by atoms with Gasteiger partial charge in [-0.1, -0.05) is 30.3 Å². The molecule has 0 unspecified atom stereocenters. The van der Waals surface area contributed by atoms with Crippen LogP contribution in [0, 0.1) is 0 Å². The number of aliphatic hydroxyl groups is 1. The van der Waals surface area contributed by atoms with Gasteiger partial charge in [-0.25, -0.2) is 0 Å². The van der Waals surface area contributed by atoms with Crippen LogP contribution in [0.1, 0.15) is 17.2 Å². The number of hydrogen-bond donors (Lipinski definition) is 1. The highest BCUT2D eigenvalue weighted by molar-refractivity contribution is 6.46. The number of rotatable bonds is 5. The summed E-state index contributed by atoms with van der Waals surface area (Å²) in [5.41, 5.74) is 1.27. The van der Waals surface area contributed by atoms with Gasteiger partial charge in [0, 0.05) is 18.7 Å². The third kappa shape index (κ3) is 3.64. The van der Waals surface area contributed by atoms with Crippen molar-refractivity contribution >= 4 is 17.4 Å². The van der Waals surface area contributed by atoms with Gasteiger partial charge >= 0.3 is 0 Å². The van der Waals surface area contributed by atoms with Crippen LogP contribution in [-0.2, 0) is 9.59 Å². The Hall–Kier alpha value is -3.32. The van der Waals surface area contributed by atoms with Gasteiger partial charge in [-0.15, -0.1) is 0 Å². The predicted molar refractivity (Wildman–Crippen MR) is 111 cm³/mol. The summed E-state index contributed by atoms with van der Waals surface area (Å²) in [6.45, 7) is 1.84. The van der Waals surface area contributed by atoms with Crippen LogP contribution in [0.5, 0.6) is 11.5 Å². The van der Waals surface area contributed by atoms with E-state index in [9.17, 15) is 14.7 Å². The number of benzene rings is 2. The minimum absolute atomic E-state index is 0.0848. The van der Waals surface area contributed by atoms with Crippen LogP contribution < -0.4 is 9.47 Å². The number of ketones is 1. The zero-order valence-corrected chi connectivity index (χ0v) is 17.0. The molecular formula is C23H24N2O5. The Kier molecular flexibility index (Phi) is 5.46. The first kappa shape index (κ1) is 20.0. The quantitative estimate of drug-likeness (QED) is 0.465. The topological polar surface area (TPSA) is 79.3 Å². The Bertz CT molecular complexity index is 1000. The lowest BCUT2D eigenvalue weighted by Gasteiger charge is -2.26. The summed E-state index contributed by atoms with van der Waals surface area (Å²) in [5.74, 6) is -0.418. The molecule has 2 aromatic rings. The van der Waals surface area contributed by atoms with Crippen molar-refractivity contribution in [3.63, 3.8) is 0 Å². The molecule has 7 heteroatoms. The second-order valence-corrected chi connectivity index (χ2v) is 7.56. The number of Topliss-reactive ketones (excluding diaryl/α,β-unsaturated/α-hetero) is 1. The molecule has 1 N–H and O–H groups in total. The second kappa shape index (κ2) is 8.20. The van der Waals surface area contributed by atoms with Crippen molar-refractivity contribution in [1.82, 2.24) is 9.80 Å². The normalized spacial score (nSPS) is 20.1. The molecule has 1 fully saturated rings. The van der Waals surface area contributed by atoms with Crippen LogP contribution in [0.15, 0.2) is 54.1 Å². The van der Waals surface area contributed by atoms with Gasteiger partial charge in [0.25, 0.3) is 11.7 Å². The van der Waals surface area contributed by atoms with Crippen LogP contribution in [0.3, 0.4) is 0 Å². The third-order valence-electron chi connectivity index (χ3n) is 5.26. The molecule has 1 saturated heterocycles. The van der Waals surface area contributed by atoms with Crippen molar-refractivity contribution in [2.24, 2.45) is 0 Å². The Balaban J connectivity index is 1.81. The van der Waals surface area contributed by atoms with E-state index in [1.165, 1.54) is 4.90 Å². The fraction of sp³-hybridized carbons (Fsp3) is 0.304. The van der Waals surface area contributed by atoms with Gasteiger partial charge in [0.05, 0.1) is 11.6 Å². The monoisotopic (exact) mass is 408 g/mol. The number of aliphatic hydroxyl groups excluding tert-OH is 1. The number of fused-ring (bicyclic) bond motifs is 1. The number of carbonyl (C=O) groups excluding carboxylic acids is 2. The average Bonchev–Trinajstić information content (AvgIpc) is 3.02. The number of likely N-dealkylation sites (tertiary alicyclic amines) is 1. The van der Waals surface area contributed by atoms with E-state index in [0.29, 0.717) is 43.4 Å². The molecule has 2 aliphatic heterocycles. The van der Waals surface area contributed by atoms with Crippen LogP contribution >= 0.6 is 0 Å². The molecule has 7 nitrogen and oxygen atoms in total. The Morgan fingerprint density at radius 2 is 1.77 bits per heavy atom. The first-order chi connectivity index (χ1) is 14.5. The van der Waals surface area contributed by atoms with E-state index in [1.54, 1.807) is 18.2 Å². The van der Waals surface area contributed by atoms with Gasteiger partial charge in [-0.3, -0.25) is 9.59 Å². The van der Waals surface area contributed by atoms with Gasteiger partial charge in [0.15, 0.2) is 11.5 Å². The Morgan fingerprint density at radius 3 is 2.47 bits per heavy atom. The molecule has 0 saturated carbocycles. The number of likely N-dealkylation sites (N-methyl/N-ethyl adjacent to an activating group) is 1. The summed E-state index contributed by atoms with van der Waals surface area (Å²) in [6.07, 6.45) is 0. The Labute approximate surface area is 175 Å². The molecule has 0 bridgehead atoms. The summed E-state index contributed by atoms with van der Waals surface area (Å²) < 4.78 is 11.1. The minimum atomic E-state index is -0.685. The minimum Gasteiger partial charge on any atom is -0.507 e. The molecule has 0 radical (unpaired) electrons. The van der Waals surface area contributed by atoms with Crippen molar-refractivity contribution in [2.75, 3.05) is 40.4 Å². The SMILES string of the molecule is CN(C)CCN1C(=O)C(=O)/C(=C(/O)c2ccc3c(c2)OCCO3)[C@H]1c1ccccc1.